The summed E-state index contributed by atoms with van der Waals surface area (Å²) >= 11 is 0. The van der Waals surface area contributed by atoms with Gasteiger partial charge in [-0.3, -0.25) is 4.79 Å². The molecule has 0 unspecified atom stereocenters. The maximum atomic E-state index is 11.4. The minimum atomic E-state index is -0.349. The number of aryl methyl sites for hydroxylation is 3. The molecule has 0 aliphatic rings. The molecule has 1 aromatic heterocycles. The highest BCUT2D eigenvalue weighted by Gasteiger charge is 2.03. The van der Waals surface area contributed by atoms with E-state index in [2.05, 4.69) is 12.1 Å². The second kappa shape index (κ2) is 6.23. The Hall–Kier alpha value is -2.03. The van der Waals surface area contributed by atoms with Gasteiger partial charge in [0.15, 0.2) is 0 Å². The van der Waals surface area contributed by atoms with Crippen LogP contribution in [0.1, 0.15) is 29.7 Å². The molecule has 1 aromatic carbocycles. The Morgan fingerprint density at radius 1 is 1.05 bits per heavy atom. The molecular formula is C16H19NO2. The molecule has 0 aliphatic carbocycles. The molecule has 0 spiro atoms. The maximum Gasteiger partial charge on any atom is 0.283 e. The summed E-state index contributed by atoms with van der Waals surface area (Å²) in [6.45, 7) is 1.87. The van der Waals surface area contributed by atoms with Crippen molar-refractivity contribution in [3.05, 3.63) is 69.6 Å². The number of hydrogen-bond donors (Lipinski definition) is 1. The average Bonchev–Trinajstić information content (AvgIpc) is 2.41. The fraction of sp³-hybridized carbons (Fsp3) is 0.312. The predicted octanol–water partition coefficient (Wildman–Crippen LogP) is 2.96. The lowest BCUT2D eigenvalue weighted by Crippen LogP contribution is -2.20. The van der Waals surface area contributed by atoms with Crippen molar-refractivity contribution in [2.75, 3.05) is 0 Å². The summed E-state index contributed by atoms with van der Waals surface area (Å²) in [6, 6.07) is 13.6. The Kier molecular flexibility index (Phi) is 4.39. The summed E-state index contributed by atoms with van der Waals surface area (Å²) in [4.78, 5) is 11.4. The van der Waals surface area contributed by atoms with E-state index in [0.29, 0.717) is 5.69 Å². The van der Waals surface area contributed by atoms with Gasteiger partial charge in [-0.25, -0.2) is 0 Å². The molecule has 0 aliphatic heterocycles. The van der Waals surface area contributed by atoms with Crippen LogP contribution < -0.4 is 5.56 Å². The Morgan fingerprint density at radius 3 is 2.47 bits per heavy atom. The number of hydrogen-bond acceptors (Lipinski definition) is 2. The van der Waals surface area contributed by atoms with Gasteiger partial charge in [0.1, 0.15) is 0 Å². The number of aromatic nitrogens is 1. The van der Waals surface area contributed by atoms with Crippen molar-refractivity contribution in [3.63, 3.8) is 0 Å². The average molecular weight is 257 g/mol. The Balaban J connectivity index is 1.88. The van der Waals surface area contributed by atoms with Crippen LogP contribution in [0, 0.1) is 6.92 Å². The zero-order valence-electron chi connectivity index (χ0n) is 11.2. The lowest BCUT2D eigenvalue weighted by molar-refractivity contribution is 0.164. The molecule has 19 heavy (non-hydrogen) atoms. The van der Waals surface area contributed by atoms with Crippen LogP contribution in [0.5, 0.6) is 0 Å². The first kappa shape index (κ1) is 13.4. The summed E-state index contributed by atoms with van der Waals surface area (Å²) in [5.41, 5.74) is 2.57. The minimum Gasteiger partial charge on any atom is -0.425 e. The van der Waals surface area contributed by atoms with Gasteiger partial charge in [0.25, 0.3) is 5.56 Å². The van der Waals surface area contributed by atoms with Crippen molar-refractivity contribution < 1.29 is 5.21 Å². The van der Waals surface area contributed by atoms with Crippen LogP contribution in [0.15, 0.2) is 47.3 Å². The summed E-state index contributed by atoms with van der Waals surface area (Å²) < 4.78 is 0.759. The van der Waals surface area contributed by atoms with E-state index in [-0.39, 0.29) is 5.56 Å². The maximum absolute atomic E-state index is 11.4. The second-order valence-electron chi connectivity index (χ2n) is 4.87. The highest BCUT2D eigenvalue weighted by molar-refractivity contribution is 5.16. The number of pyridine rings is 1. The quantitative estimate of drug-likeness (QED) is 0.661. The number of benzene rings is 1. The van der Waals surface area contributed by atoms with Crippen LogP contribution in [-0.4, -0.2) is 9.94 Å². The smallest absolute Gasteiger partial charge is 0.283 e. The molecule has 1 heterocycles. The zero-order chi connectivity index (χ0) is 13.7. The molecule has 0 fully saturated rings. The molecule has 0 bridgehead atoms. The normalized spacial score (nSPS) is 10.6. The van der Waals surface area contributed by atoms with Crippen LogP contribution >= 0.6 is 0 Å². The van der Waals surface area contributed by atoms with Gasteiger partial charge < -0.3 is 5.21 Å². The summed E-state index contributed by atoms with van der Waals surface area (Å²) in [6.07, 6.45) is 3.76. The van der Waals surface area contributed by atoms with Crippen molar-refractivity contribution in [2.24, 2.45) is 0 Å². The van der Waals surface area contributed by atoms with Crippen LogP contribution in [-0.2, 0) is 12.8 Å². The van der Waals surface area contributed by atoms with Gasteiger partial charge in [-0.05, 0) is 49.8 Å². The molecule has 2 rings (SSSR count). The minimum absolute atomic E-state index is 0.349. The van der Waals surface area contributed by atoms with Crippen LogP contribution in [0.25, 0.3) is 0 Å². The molecule has 2 aromatic rings. The van der Waals surface area contributed by atoms with E-state index in [0.717, 1.165) is 36.0 Å². The van der Waals surface area contributed by atoms with E-state index in [4.69, 9.17) is 0 Å². The Bertz CT molecular complexity index is 587. The molecule has 100 valence electrons. The van der Waals surface area contributed by atoms with Crippen molar-refractivity contribution in [1.29, 1.82) is 0 Å². The first-order valence-electron chi connectivity index (χ1n) is 6.62. The molecule has 0 radical (unpaired) electrons. The monoisotopic (exact) mass is 257 g/mol. The molecular weight excluding hydrogens is 238 g/mol. The third-order valence-corrected chi connectivity index (χ3v) is 3.22. The zero-order valence-corrected chi connectivity index (χ0v) is 11.2. The fourth-order valence-electron chi connectivity index (χ4n) is 2.22. The first-order chi connectivity index (χ1) is 9.16. The van der Waals surface area contributed by atoms with E-state index < -0.39 is 0 Å². The van der Waals surface area contributed by atoms with Gasteiger partial charge in [-0.1, -0.05) is 30.3 Å². The number of nitrogens with zero attached hydrogens (tertiary/aromatic N) is 1. The van der Waals surface area contributed by atoms with E-state index in [1.165, 1.54) is 11.6 Å². The molecule has 0 saturated heterocycles. The van der Waals surface area contributed by atoms with Gasteiger partial charge in [-0.15, -0.1) is 0 Å². The number of rotatable bonds is 5. The highest BCUT2D eigenvalue weighted by Crippen LogP contribution is 2.09. The topological polar surface area (TPSA) is 42.2 Å². The van der Waals surface area contributed by atoms with Crippen molar-refractivity contribution >= 4 is 0 Å². The van der Waals surface area contributed by atoms with E-state index in [1.807, 2.05) is 31.2 Å². The van der Waals surface area contributed by atoms with Gasteiger partial charge in [0.2, 0.25) is 0 Å². The summed E-state index contributed by atoms with van der Waals surface area (Å²) in [7, 11) is 0. The van der Waals surface area contributed by atoms with Crippen LogP contribution in [0.3, 0.4) is 0 Å². The third kappa shape index (κ3) is 3.71. The van der Waals surface area contributed by atoms with Crippen molar-refractivity contribution in [3.8, 4) is 0 Å². The number of unbranched alkanes of at least 4 members (excludes halogenated alkanes) is 1. The lowest BCUT2D eigenvalue weighted by Gasteiger charge is -2.07. The molecule has 3 nitrogen and oxygen atoms in total. The SMILES string of the molecule is Cc1cc(CCCCc2ccccc2)n(O)c(=O)c1. The van der Waals surface area contributed by atoms with Gasteiger partial charge in [0.05, 0.1) is 5.69 Å². The molecule has 0 atom stereocenters. The summed E-state index contributed by atoms with van der Waals surface area (Å²) in [5.74, 6) is 0. The van der Waals surface area contributed by atoms with Gasteiger partial charge >= 0.3 is 0 Å². The largest absolute Gasteiger partial charge is 0.425 e. The lowest BCUT2D eigenvalue weighted by atomic mass is 10.1. The first-order valence-corrected chi connectivity index (χ1v) is 6.62. The van der Waals surface area contributed by atoms with E-state index in [1.54, 1.807) is 0 Å². The highest BCUT2D eigenvalue weighted by atomic mass is 16.5. The molecule has 1 N–H and O–H groups in total. The Labute approximate surface area is 113 Å². The molecule has 0 amide bonds. The van der Waals surface area contributed by atoms with E-state index in [9.17, 15) is 10.0 Å². The van der Waals surface area contributed by atoms with Crippen LogP contribution in [0.2, 0.25) is 0 Å². The van der Waals surface area contributed by atoms with Gasteiger partial charge in [0, 0.05) is 6.07 Å². The third-order valence-electron chi connectivity index (χ3n) is 3.22. The fourth-order valence-corrected chi connectivity index (χ4v) is 2.22. The summed E-state index contributed by atoms with van der Waals surface area (Å²) in [5, 5.41) is 9.64. The van der Waals surface area contributed by atoms with Gasteiger partial charge in [-0.2, -0.15) is 4.73 Å². The van der Waals surface area contributed by atoms with Crippen LogP contribution in [0.4, 0.5) is 0 Å². The molecule has 0 saturated carbocycles. The Morgan fingerprint density at radius 2 is 1.74 bits per heavy atom. The standard InChI is InChI=1S/C16H19NO2/c1-13-11-15(17(19)16(18)12-13)10-6-5-9-14-7-3-2-4-8-14/h2-4,7-8,11-12,19H,5-6,9-10H2,1H3. The van der Waals surface area contributed by atoms with E-state index >= 15 is 0 Å². The van der Waals surface area contributed by atoms with Crippen molar-refractivity contribution in [1.82, 2.24) is 4.73 Å². The predicted molar refractivity (Wildman–Crippen MR) is 75.7 cm³/mol. The van der Waals surface area contributed by atoms with Crippen molar-refractivity contribution in [2.45, 2.75) is 32.6 Å². The second-order valence-corrected chi connectivity index (χ2v) is 4.87. The molecule has 3 heteroatoms.